The lowest BCUT2D eigenvalue weighted by atomic mass is 9.91. The van der Waals surface area contributed by atoms with E-state index in [1.165, 1.54) is 6.42 Å². The molecule has 23 heavy (non-hydrogen) atoms. The number of amides is 1. The zero-order valence-corrected chi connectivity index (χ0v) is 13.1. The Balaban J connectivity index is 1.66. The summed E-state index contributed by atoms with van der Waals surface area (Å²) in [5.41, 5.74) is 3.56. The topological polar surface area (TPSA) is 37.6 Å². The Hall–Kier alpha value is -2.62. The van der Waals surface area contributed by atoms with E-state index in [1.807, 2.05) is 71.2 Å². The lowest BCUT2D eigenvalue weighted by molar-refractivity contribution is 0.0651. The Morgan fingerprint density at radius 3 is 2.61 bits per heavy atom. The first kappa shape index (κ1) is 14.0. The van der Waals surface area contributed by atoms with Gasteiger partial charge in [-0.2, -0.15) is 0 Å². The highest BCUT2D eigenvalue weighted by Gasteiger charge is 2.26. The third-order valence-electron chi connectivity index (χ3n) is 4.71. The van der Waals surface area contributed by atoms with Gasteiger partial charge in [-0.25, -0.2) is 4.98 Å². The van der Waals surface area contributed by atoms with E-state index in [1.54, 1.807) is 0 Å². The summed E-state index contributed by atoms with van der Waals surface area (Å²) >= 11 is 0. The molecular weight excluding hydrogens is 286 g/mol. The first-order chi connectivity index (χ1) is 11.2. The Morgan fingerprint density at radius 1 is 1.13 bits per heavy atom. The molecule has 1 amide bonds. The lowest BCUT2D eigenvalue weighted by Crippen LogP contribution is -2.41. The SMILES string of the molecule is CN(C(=O)c1ccc2nc(-c3ccccc3)cn2c1)C1CCC1. The Labute approximate surface area is 135 Å². The molecule has 1 fully saturated rings. The number of imidazole rings is 1. The van der Waals surface area contributed by atoms with Crippen LogP contribution in [-0.4, -0.2) is 33.3 Å². The molecule has 1 aliphatic rings. The van der Waals surface area contributed by atoms with Crippen molar-refractivity contribution in [3.05, 3.63) is 60.4 Å². The number of hydrogen-bond acceptors (Lipinski definition) is 2. The maximum Gasteiger partial charge on any atom is 0.255 e. The molecule has 0 atom stereocenters. The Bertz CT molecular complexity index is 849. The standard InChI is InChI=1S/C19H19N3O/c1-21(16-8-5-9-16)19(23)15-10-11-18-20-17(13-22(18)12-15)14-6-3-2-4-7-14/h2-4,6-7,10-13,16H,5,8-9H2,1H3. The maximum atomic E-state index is 12.6. The molecule has 0 bridgehead atoms. The molecule has 0 unspecified atom stereocenters. The normalized spacial score (nSPS) is 14.7. The molecule has 2 aromatic heterocycles. The van der Waals surface area contributed by atoms with Crippen LogP contribution in [-0.2, 0) is 0 Å². The monoisotopic (exact) mass is 305 g/mol. The van der Waals surface area contributed by atoms with Gasteiger partial charge >= 0.3 is 0 Å². The first-order valence-corrected chi connectivity index (χ1v) is 8.04. The predicted molar refractivity (Wildman–Crippen MR) is 90.4 cm³/mol. The smallest absolute Gasteiger partial charge is 0.255 e. The summed E-state index contributed by atoms with van der Waals surface area (Å²) < 4.78 is 1.93. The summed E-state index contributed by atoms with van der Waals surface area (Å²) in [6.45, 7) is 0. The molecule has 1 aromatic carbocycles. The van der Waals surface area contributed by atoms with E-state index in [9.17, 15) is 4.79 Å². The summed E-state index contributed by atoms with van der Waals surface area (Å²) in [6, 6.07) is 14.3. The van der Waals surface area contributed by atoms with Crippen LogP contribution in [0.25, 0.3) is 16.9 Å². The maximum absolute atomic E-state index is 12.6. The van der Waals surface area contributed by atoms with Crippen molar-refractivity contribution < 1.29 is 4.79 Å². The zero-order valence-electron chi connectivity index (χ0n) is 13.1. The van der Waals surface area contributed by atoms with Crippen molar-refractivity contribution in [3.63, 3.8) is 0 Å². The summed E-state index contributed by atoms with van der Waals surface area (Å²) in [5.74, 6) is 0.0894. The van der Waals surface area contributed by atoms with Gasteiger partial charge in [0.1, 0.15) is 5.65 Å². The van der Waals surface area contributed by atoms with Crippen LogP contribution in [0, 0.1) is 0 Å². The van der Waals surface area contributed by atoms with Gasteiger partial charge in [-0.3, -0.25) is 4.79 Å². The molecule has 4 rings (SSSR count). The van der Waals surface area contributed by atoms with E-state index in [4.69, 9.17) is 0 Å². The highest BCUT2D eigenvalue weighted by molar-refractivity contribution is 5.94. The highest BCUT2D eigenvalue weighted by Crippen LogP contribution is 2.25. The van der Waals surface area contributed by atoms with Gasteiger partial charge in [-0.05, 0) is 31.4 Å². The van der Waals surface area contributed by atoms with E-state index in [0.29, 0.717) is 11.6 Å². The van der Waals surface area contributed by atoms with Gasteiger partial charge in [0, 0.05) is 31.0 Å². The molecule has 0 radical (unpaired) electrons. The van der Waals surface area contributed by atoms with Crippen LogP contribution >= 0.6 is 0 Å². The summed E-state index contributed by atoms with van der Waals surface area (Å²) in [6.07, 6.45) is 7.32. The Morgan fingerprint density at radius 2 is 1.91 bits per heavy atom. The largest absolute Gasteiger partial charge is 0.339 e. The number of benzene rings is 1. The second-order valence-electron chi connectivity index (χ2n) is 6.18. The van der Waals surface area contributed by atoms with Gasteiger partial charge in [-0.1, -0.05) is 30.3 Å². The molecule has 1 saturated carbocycles. The summed E-state index contributed by atoms with van der Waals surface area (Å²) in [4.78, 5) is 19.1. The van der Waals surface area contributed by atoms with E-state index in [-0.39, 0.29) is 5.91 Å². The van der Waals surface area contributed by atoms with Crippen molar-refractivity contribution in [3.8, 4) is 11.3 Å². The Kier molecular flexibility index (Phi) is 3.37. The molecule has 116 valence electrons. The minimum absolute atomic E-state index is 0.0894. The second kappa shape index (κ2) is 5.54. The second-order valence-corrected chi connectivity index (χ2v) is 6.18. The van der Waals surface area contributed by atoms with Gasteiger partial charge in [0.15, 0.2) is 0 Å². The molecule has 0 spiro atoms. The van der Waals surface area contributed by atoms with Crippen LogP contribution in [0.4, 0.5) is 0 Å². The molecule has 0 aliphatic heterocycles. The number of carbonyl (C=O) groups is 1. The van der Waals surface area contributed by atoms with Crippen molar-refractivity contribution >= 4 is 11.6 Å². The first-order valence-electron chi connectivity index (χ1n) is 8.04. The fraction of sp³-hybridized carbons (Fsp3) is 0.263. The van der Waals surface area contributed by atoms with Gasteiger partial charge in [0.05, 0.1) is 11.3 Å². The van der Waals surface area contributed by atoms with Crippen LogP contribution in [0.2, 0.25) is 0 Å². The molecule has 3 aromatic rings. The van der Waals surface area contributed by atoms with E-state index in [0.717, 1.165) is 29.7 Å². The number of nitrogens with zero attached hydrogens (tertiary/aromatic N) is 3. The van der Waals surface area contributed by atoms with Gasteiger partial charge in [0.2, 0.25) is 0 Å². The molecule has 4 heteroatoms. The summed E-state index contributed by atoms with van der Waals surface area (Å²) in [7, 11) is 1.90. The molecule has 1 aliphatic carbocycles. The third-order valence-corrected chi connectivity index (χ3v) is 4.71. The van der Waals surface area contributed by atoms with E-state index < -0.39 is 0 Å². The number of hydrogen-bond donors (Lipinski definition) is 0. The van der Waals surface area contributed by atoms with E-state index in [2.05, 4.69) is 4.98 Å². The number of pyridine rings is 1. The van der Waals surface area contributed by atoms with Crippen LogP contribution < -0.4 is 0 Å². The predicted octanol–water partition coefficient (Wildman–Crippen LogP) is 3.63. The van der Waals surface area contributed by atoms with E-state index >= 15 is 0 Å². The zero-order chi connectivity index (χ0) is 15.8. The lowest BCUT2D eigenvalue weighted by Gasteiger charge is -2.34. The van der Waals surface area contributed by atoms with Crippen LogP contribution in [0.1, 0.15) is 29.6 Å². The highest BCUT2D eigenvalue weighted by atomic mass is 16.2. The number of rotatable bonds is 3. The van der Waals surface area contributed by atoms with Crippen molar-refractivity contribution in [2.75, 3.05) is 7.05 Å². The van der Waals surface area contributed by atoms with Gasteiger partial charge in [0.25, 0.3) is 5.91 Å². The number of carbonyl (C=O) groups excluding carboxylic acids is 1. The van der Waals surface area contributed by atoms with Crippen molar-refractivity contribution in [1.82, 2.24) is 14.3 Å². The number of aromatic nitrogens is 2. The average Bonchev–Trinajstić information content (AvgIpc) is 2.96. The quantitative estimate of drug-likeness (QED) is 0.741. The fourth-order valence-corrected chi connectivity index (χ4v) is 3.01. The third kappa shape index (κ3) is 2.50. The molecule has 0 N–H and O–H groups in total. The summed E-state index contributed by atoms with van der Waals surface area (Å²) in [5, 5.41) is 0. The van der Waals surface area contributed by atoms with Gasteiger partial charge in [-0.15, -0.1) is 0 Å². The minimum Gasteiger partial charge on any atom is -0.339 e. The van der Waals surface area contributed by atoms with Crippen LogP contribution in [0.15, 0.2) is 54.9 Å². The number of fused-ring (bicyclic) bond motifs is 1. The minimum atomic E-state index is 0.0894. The van der Waals surface area contributed by atoms with Crippen LogP contribution in [0.5, 0.6) is 0 Å². The average molecular weight is 305 g/mol. The van der Waals surface area contributed by atoms with Crippen LogP contribution in [0.3, 0.4) is 0 Å². The molecular formula is C19H19N3O. The van der Waals surface area contributed by atoms with Crippen molar-refractivity contribution in [2.45, 2.75) is 25.3 Å². The van der Waals surface area contributed by atoms with Crippen molar-refractivity contribution in [1.29, 1.82) is 0 Å². The van der Waals surface area contributed by atoms with Gasteiger partial charge < -0.3 is 9.30 Å². The van der Waals surface area contributed by atoms with Crippen molar-refractivity contribution in [2.24, 2.45) is 0 Å². The molecule has 4 nitrogen and oxygen atoms in total. The molecule has 0 saturated heterocycles. The fourth-order valence-electron chi connectivity index (χ4n) is 3.01. The molecule has 2 heterocycles.